The van der Waals surface area contributed by atoms with Crippen LogP contribution in [0.3, 0.4) is 0 Å². The molecule has 2 aromatic rings. The van der Waals surface area contributed by atoms with Crippen molar-refractivity contribution >= 4 is 27.5 Å². The Bertz CT molecular complexity index is 967. The van der Waals surface area contributed by atoms with Crippen LogP contribution in [0.25, 0.3) is 0 Å². The molecule has 0 amide bonds. The third-order valence-corrected chi connectivity index (χ3v) is 4.39. The highest BCUT2D eigenvalue weighted by molar-refractivity contribution is 7.92. The lowest BCUT2D eigenvalue weighted by Crippen LogP contribution is -2.24. The summed E-state index contributed by atoms with van der Waals surface area (Å²) in [5, 5.41) is 0. The molecule has 1 atom stereocenters. The fourth-order valence-electron chi connectivity index (χ4n) is 2.41. The summed E-state index contributed by atoms with van der Waals surface area (Å²) in [6.07, 6.45) is 0.0349. The summed E-state index contributed by atoms with van der Waals surface area (Å²) in [4.78, 5) is 24.9. The van der Waals surface area contributed by atoms with E-state index in [9.17, 15) is 18.0 Å². The Labute approximate surface area is 171 Å². The van der Waals surface area contributed by atoms with Crippen molar-refractivity contribution in [2.45, 2.75) is 26.9 Å². The Morgan fingerprint density at radius 1 is 1.00 bits per heavy atom. The van der Waals surface area contributed by atoms with Gasteiger partial charge in [0.25, 0.3) is 0 Å². The molecule has 2 rings (SSSR count). The lowest BCUT2D eigenvalue weighted by molar-refractivity contribution is 0.0318. The predicted molar refractivity (Wildman–Crippen MR) is 111 cm³/mol. The predicted octanol–water partition coefficient (Wildman–Crippen LogP) is 3.52. The number of carbonyl (C=O) groups excluding carboxylic acids is 2. The molecule has 0 radical (unpaired) electrons. The normalized spacial score (nSPS) is 12.3. The van der Waals surface area contributed by atoms with E-state index in [1.54, 1.807) is 24.3 Å². The van der Waals surface area contributed by atoms with E-state index in [0.717, 1.165) is 6.26 Å². The Balaban J connectivity index is 2.02. The fourth-order valence-corrected chi connectivity index (χ4v) is 2.97. The number of hydrogen-bond donors (Lipinski definition) is 1. The van der Waals surface area contributed by atoms with Crippen LogP contribution in [0, 0.1) is 5.92 Å². The Kier molecular flexibility index (Phi) is 7.39. The highest BCUT2D eigenvalue weighted by atomic mass is 32.2. The quantitative estimate of drug-likeness (QED) is 0.493. The molecule has 0 fully saturated rings. The van der Waals surface area contributed by atoms with E-state index < -0.39 is 27.9 Å². The number of anilines is 1. The molecule has 0 aromatic heterocycles. The molecule has 1 N–H and O–H groups in total. The van der Waals surface area contributed by atoms with Crippen molar-refractivity contribution in [1.82, 2.24) is 0 Å². The lowest BCUT2D eigenvalue weighted by atomic mass is 10.1. The molecule has 0 aliphatic carbocycles. The van der Waals surface area contributed by atoms with E-state index in [1.807, 2.05) is 13.8 Å². The van der Waals surface area contributed by atoms with Gasteiger partial charge in [0.05, 0.1) is 18.4 Å². The molecular weight excluding hydrogens is 394 g/mol. The first-order chi connectivity index (χ1) is 13.5. The number of ether oxygens (including phenoxy) is 2. The van der Waals surface area contributed by atoms with Gasteiger partial charge in [-0.15, -0.1) is 0 Å². The fraction of sp³-hybridized carbons (Fsp3) is 0.333. The monoisotopic (exact) mass is 419 g/mol. The minimum atomic E-state index is -3.40. The maximum Gasteiger partial charge on any atom is 0.338 e. The molecule has 0 heterocycles. The summed E-state index contributed by atoms with van der Waals surface area (Å²) in [6, 6.07) is 12.5. The van der Waals surface area contributed by atoms with E-state index in [0.29, 0.717) is 35.1 Å². The van der Waals surface area contributed by atoms with Crippen LogP contribution in [0.5, 0.6) is 5.75 Å². The number of hydrogen-bond acceptors (Lipinski definition) is 6. The van der Waals surface area contributed by atoms with Crippen molar-refractivity contribution in [2.75, 3.05) is 17.6 Å². The topological polar surface area (TPSA) is 98.8 Å². The van der Waals surface area contributed by atoms with Gasteiger partial charge in [0.2, 0.25) is 15.8 Å². The van der Waals surface area contributed by atoms with E-state index in [1.165, 1.54) is 31.2 Å². The molecule has 2 aromatic carbocycles. The molecule has 0 aliphatic rings. The Morgan fingerprint density at radius 2 is 1.66 bits per heavy atom. The summed E-state index contributed by atoms with van der Waals surface area (Å²) in [6.45, 7) is 6.06. The van der Waals surface area contributed by atoms with Crippen LogP contribution in [-0.2, 0) is 14.8 Å². The highest BCUT2D eigenvalue weighted by Crippen LogP contribution is 2.17. The number of benzene rings is 2. The number of esters is 1. The number of rotatable bonds is 9. The third kappa shape index (κ3) is 7.23. The third-order valence-electron chi connectivity index (χ3n) is 3.78. The van der Waals surface area contributed by atoms with Crippen LogP contribution >= 0.6 is 0 Å². The minimum absolute atomic E-state index is 0.290. The standard InChI is InChI=1S/C21H25NO6S/c1-14(2)13-27-19-7-5-6-17(12-19)21(24)28-15(3)20(23)16-8-10-18(11-9-16)22-29(4,25)26/h5-12,14-15,22H,13H2,1-4H3/t15-/m0/s1. The van der Waals surface area contributed by atoms with Crippen LogP contribution in [0.2, 0.25) is 0 Å². The van der Waals surface area contributed by atoms with E-state index in [4.69, 9.17) is 9.47 Å². The van der Waals surface area contributed by atoms with Crippen LogP contribution in [0.15, 0.2) is 48.5 Å². The largest absolute Gasteiger partial charge is 0.493 e. The maximum absolute atomic E-state index is 12.5. The zero-order valence-electron chi connectivity index (χ0n) is 16.8. The Hall–Kier alpha value is -2.87. The molecule has 0 spiro atoms. The summed E-state index contributed by atoms with van der Waals surface area (Å²) >= 11 is 0. The van der Waals surface area contributed by atoms with Gasteiger partial charge in [-0.2, -0.15) is 0 Å². The smallest absolute Gasteiger partial charge is 0.338 e. The molecule has 0 unspecified atom stereocenters. The van der Waals surface area contributed by atoms with Crippen LogP contribution < -0.4 is 9.46 Å². The van der Waals surface area contributed by atoms with Gasteiger partial charge in [-0.25, -0.2) is 13.2 Å². The second-order valence-electron chi connectivity index (χ2n) is 7.10. The summed E-state index contributed by atoms with van der Waals surface area (Å²) in [7, 11) is -3.40. The summed E-state index contributed by atoms with van der Waals surface area (Å²) < 4.78 is 35.7. The van der Waals surface area contributed by atoms with Crippen molar-refractivity contribution in [3.63, 3.8) is 0 Å². The van der Waals surface area contributed by atoms with Gasteiger partial charge in [0.15, 0.2) is 6.10 Å². The van der Waals surface area contributed by atoms with Crippen molar-refractivity contribution in [2.24, 2.45) is 5.92 Å². The van der Waals surface area contributed by atoms with Crippen LogP contribution in [0.4, 0.5) is 5.69 Å². The minimum Gasteiger partial charge on any atom is -0.493 e. The molecule has 0 aliphatic heterocycles. The number of Topliss-reactive ketones (excluding diaryl/α,β-unsaturated/α-hetero) is 1. The van der Waals surface area contributed by atoms with Gasteiger partial charge in [0, 0.05) is 11.3 Å². The highest BCUT2D eigenvalue weighted by Gasteiger charge is 2.21. The first-order valence-corrected chi connectivity index (χ1v) is 11.0. The van der Waals surface area contributed by atoms with Gasteiger partial charge >= 0.3 is 5.97 Å². The van der Waals surface area contributed by atoms with E-state index in [2.05, 4.69) is 4.72 Å². The SMILES string of the molecule is CC(C)COc1cccc(C(=O)O[C@@H](C)C(=O)c2ccc(NS(C)(=O)=O)cc2)c1. The molecule has 0 saturated carbocycles. The number of ketones is 1. The second-order valence-corrected chi connectivity index (χ2v) is 8.84. The maximum atomic E-state index is 12.5. The van der Waals surface area contributed by atoms with Crippen molar-refractivity contribution < 1.29 is 27.5 Å². The molecule has 8 heteroatoms. The molecule has 29 heavy (non-hydrogen) atoms. The van der Waals surface area contributed by atoms with Crippen molar-refractivity contribution in [3.8, 4) is 5.75 Å². The molecule has 0 bridgehead atoms. The molecule has 0 saturated heterocycles. The van der Waals surface area contributed by atoms with Crippen LogP contribution in [-0.4, -0.2) is 39.1 Å². The van der Waals surface area contributed by atoms with Gasteiger partial charge in [-0.1, -0.05) is 19.9 Å². The zero-order valence-corrected chi connectivity index (χ0v) is 17.7. The summed E-state index contributed by atoms with van der Waals surface area (Å²) in [5.74, 6) is -0.115. The first kappa shape index (κ1) is 22.4. The van der Waals surface area contributed by atoms with Crippen molar-refractivity contribution in [3.05, 3.63) is 59.7 Å². The van der Waals surface area contributed by atoms with E-state index >= 15 is 0 Å². The number of nitrogens with one attached hydrogen (secondary N) is 1. The van der Waals surface area contributed by atoms with Gasteiger partial charge < -0.3 is 9.47 Å². The number of sulfonamides is 1. The number of carbonyl (C=O) groups is 2. The zero-order chi connectivity index (χ0) is 21.6. The average Bonchev–Trinajstić information content (AvgIpc) is 2.65. The summed E-state index contributed by atoms with van der Waals surface area (Å²) in [5.41, 5.74) is 0.934. The second kappa shape index (κ2) is 9.56. The first-order valence-electron chi connectivity index (χ1n) is 9.11. The van der Waals surface area contributed by atoms with Crippen molar-refractivity contribution in [1.29, 1.82) is 0 Å². The molecular formula is C21H25NO6S. The Morgan fingerprint density at radius 3 is 2.24 bits per heavy atom. The average molecular weight is 419 g/mol. The van der Waals surface area contributed by atoms with E-state index in [-0.39, 0.29) is 0 Å². The van der Waals surface area contributed by atoms with Gasteiger partial charge in [-0.05, 0) is 55.3 Å². The van der Waals surface area contributed by atoms with Crippen LogP contribution in [0.1, 0.15) is 41.5 Å². The van der Waals surface area contributed by atoms with Gasteiger partial charge in [-0.3, -0.25) is 9.52 Å². The van der Waals surface area contributed by atoms with Gasteiger partial charge in [0.1, 0.15) is 5.75 Å². The molecule has 7 nitrogen and oxygen atoms in total. The lowest BCUT2D eigenvalue weighted by Gasteiger charge is -2.14. The molecule has 156 valence electrons.